The molecule has 218 valence electrons. The predicted molar refractivity (Wildman–Crippen MR) is 200 cm³/mol. The van der Waals surface area contributed by atoms with Crippen LogP contribution in [0.4, 0.5) is 0 Å². The fourth-order valence-electron chi connectivity index (χ4n) is 5.58. The molecule has 0 aliphatic rings. The van der Waals surface area contributed by atoms with E-state index < -0.39 is 268 Å². The average Bonchev–Trinajstić information content (AvgIpc) is 3.79. The Labute approximate surface area is 311 Å². The number of fused-ring (bicyclic) bond motifs is 7. The van der Waals surface area contributed by atoms with E-state index >= 15 is 0 Å². The predicted octanol–water partition coefficient (Wildman–Crippen LogP) is 13.2. The molecule has 0 aliphatic carbocycles. The molecular weight excluding hydrogens is 569 g/mol. The summed E-state index contributed by atoms with van der Waals surface area (Å²) in [6.07, 6.45) is 0. The van der Waals surface area contributed by atoms with Gasteiger partial charge in [-0.25, -0.2) is 0 Å². The van der Waals surface area contributed by atoms with Crippen LogP contribution in [0, 0.1) is 0 Å². The van der Waals surface area contributed by atoms with Gasteiger partial charge in [-0.2, -0.15) is 0 Å². The molecule has 0 aliphatic heterocycles. The minimum Gasteiger partial charge on any atom is -0.456 e. The molecule has 0 unspecified atom stereocenters. The average molecular weight is 625 g/mol. The highest BCUT2D eigenvalue weighted by Crippen LogP contribution is 2.45. The van der Waals surface area contributed by atoms with Gasteiger partial charge < -0.3 is 4.42 Å². The highest BCUT2D eigenvalue weighted by molar-refractivity contribution is 6.22. The Morgan fingerprint density at radius 2 is 0.766 bits per heavy atom. The van der Waals surface area contributed by atoms with E-state index in [1.807, 2.05) is 0 Å². The summed E-state index contributed by atoms with van der Waals surface area (Å²) >= 11 is 0. The van der Waals surface area contributed by atoms with Crippen LogP contribution in [0.15, 0.2) is 174 Å². The summed E-state index contributed by atoms with van der Waals surface area (Å²) in [4.78, 5) is 0. The van der Waals surface area contributed by atoms with Crippen LogP contribution in [0.5, 0.6) is 0 Å². The van der Waals surface area contributed by atoms with Gasteiger partial charge in [0.05, 0.1) is 38.4 Å². The van der Waals surface area contributed by atoms with E-state index in [-0.39, 0.29) is 0 Å². The normalized spacial score (nSPS) is 20.2. The lowest BCUT2D eigenvalue weighted by Gasteiger charge is -2.18. The number of benzene rings is 9. The first-order valence-corrected chi connectivity index (χ1v) is 13.9. The third kappa shape index (κ3) is 4.10. The quantitative estimate of drug-likeness (QED) is 0.178. The van der Waals surface area contributed by atoms with E-state index in [9.17, 15) is 16.4 Å². The second-order valence-electron chi connectivity index (χ2n) is 10.3. The van der Waals surface area contributed by atoms with Crippen molar-refractivity contribution < 1.29 is 42.8 Å². The minimum absolute atomic E-state index is 0.446. The van der Waals surface area contributed by atoms with Crippen molar-refractivity contribution in [2.24, 2.45) is 0 Å². The zero-order valence-corrected chi connectivity index (χ0v) is 23.4. The minimum atomic E-state index is -1.09. The van der Waals surface area contributed by atoms with Crippen molar-refractivity contribution in [3.8, 4) is 33.4 Å². The molecule has 0 fully saturated rings. The second-order valence-corrected chi connectivity index (χ2v) is 10.3. The molecule has 47 heavy (non-hydrogen) atoms. The number of hydrogen-bond acceptors (Lipinski definition) is 1. The van der Waals surface area contributed by atoms with Gasteiger partial charge in [0.15, 0.2) is 0 Å². The number of rotatable bonds is 3. The van der Waals surface area contributed by atoms with Crippen molar-refractivity contribution >= 4 is 65.0 Å². The molecule has 0 saturated carbocycles. The van der Waals surface area contributed by atoms with Crippen LogP contribution >= 0.6 is 0 Å². The molecule has 10 aromatic rings. The van der Waals surface area contributed by atoms with Crippen LogP contribution in [0.3, 0.4) is 0 Å². The molecule has 9 aromatic carbocycles. The van der Waals surface area contributed by atoms with Crippen molar-refractivity contribution in [3.63, 3.8) is 0 Å². The van der Waals surface area contributed by atoms with Gasteiger partial charge in [0.25, 0.3) is 0 Å². The molecule has 1 aromatic heterocycles. The van der Waals surface area contributed by atoms with Gasteiger partial charge in [-0.1, -0.05) is 139 Å². The maximum Gasteiger partial charge on any atom is 0.136 e. The first kappa shape index (κ1) is 10.7. The highest BCUT2D eigenvalue weighted by Gasteiger charge is 2.18. The molecule has 10 rings (SSSR count). The Morgan fingerprint density at radius 3 is 1.43 bits per heavy atom. The Bertz CT molecular complexity index is 4330. The molecule has 0 atom stereocenters. The molecule has 0 bridgehead atoms. The lowest BCUT2D eigenvalue weighted by atomic mass is 9.85. The Kier molecular flexibility index (Phi) is 2.31. The van der Waals surface area contributed by atoms with Crippen molar-refractivity contribution in [1.29, 1.82) is 0 Å². The van der Waals surface area contributed by atoms with Crippen LogP contribution in [0.25, 0.3) is 98.4 Å². The van der Waals surface area contributed by atoms with E-state index in [1.54, 1.807) is 0 Å². The summed E-state index contributed by atoms with van der Waals surface area (Å²) in [5, 5.41) is -6.00. The Hall–Kier alpha value is -6.18. The third-order valence-electron chi connectivity index (χ3n) is 7.64. The molecule has 0 N–H and O–H groups in total. The molecule has 0 saturated heterocycles. The summed E-state index contributed by atoms with van der Waals surface area (Å²) in [5.74, 6) is 0. The van der Waals surface area contributed by atoms with Gasteiger partial charge in [0, 0.05) is 10.8 Å². The van der Waals surface area contributed by atoms with Gasteiger partial charge in [-0.05, 0) is 107 Å². The fraction of sp³-hybridized carbons (Fsp3) is 0. The van der Waals surface area contributed by atoms with E-state index in [2.05, 4.69) is 0 Å². The van der Waals surface area contributed by atoms with Crippen LogP contribution < -0.4 is 0 Å². The lowest BCUT2D eigenvalue weighted by Crippen LogP contribution is -1.91. The summed E-state index contributed by atoms with van der Waals surface area (Å²) in [7, 11) is 0. The Morgan fingerprint density at radius 1 is 0.298 bits per heavy atom. The van der Waals surface area contributed by atoms with Gasteiger partial charge >= 0.3 is 0 Å². The first-order chi connectivity index (χ1) is 35.0. The third-order valence-corrected chi connectivity index (χ3v) is 7.64. The Balaban J connectivity index is 1.43. The molecule has 0 radical (unpaired) electrons. The highest BCUT2D eigenvalue weighted by atomic mass is 16.3. The van der Waals surface area contributed by atoms with Crippen LogP contribution in [-0.2, 0) is 0 Å². The van der Waals surface area contributed by atoms with Gasteiger partial charge in [0.1, 0.15) is 11.2 Å². The molecule has 1 nitrogen and oxygen atoms in total. The fourth-order valence-corrected chi connectivity index (χ4v) is 5.58. The van der Waals surface area contributed by atoms with Crippen molar-refractivity contribution in [1.82, 2.24) is 0 Å². The van der Waals surface area contributed by atoms with E-state index in [1.165, 1.54) is 0 Å². The summed E-state index contributed by atoms with van der Waals surface area (Å²) in [6, 6.07) is -25.3. The zero-order valence-electron chi connectivity index (χ0n) is 51.4. The molecular formula is C46H28O. The molecule has 0 spiro atoms. The monoisotopic (exact) mass is 624 g/mol. The maximum absolute atomic E-state index is 9.81. The van der Waals surface area contributed by atoms with Crippen LogP contribution in [0.1, 0.15) is 38.4 Å². The second kappa shape index (κ2) is 10.2. The van der Waals surface area contributed by atoms with Crippen LogP contribution in [0.2, 0.25) is 0 Å². The van der Waals surface area contributed by atoms with Crippen molar-refractivity contribution in [3.05, 3.63) is 169 Å². The van der Waals surface area contributed by atoms with E-state index in [0.29, 0.717) is 0 Å². The largest absolute Gasteiger partial charge is 0.456 e. The SMILES string of the molecule is [2H]c1c([2H])c(-c2c3c([2H])c([2H])c([2H])c([2H])c3c(-c3c([2H])c([2H])c4oc5c([2H])c6c([2H])c([2H])c([2H])c([2H])c6c([2H])c5c4c3[2H])c3c([2H])c([2H])c([2H])c([2H])c23)c([2H])c([2H])c1-c1c([2H])c([2H])c2c([2H])c([2H])c([2H])c([2H])c2c1[2H]. The number of hydrogen-bond donors (Lipinski definition) is 0. The lowest BCUT2D eigenvalue weighted by molar-refractivity contribution is 0.669. The van der Waals surface area contributed by atoms with Crippen LogP contribution in [-0.4, -0.2) is 0 Å². The summed E-state index contributed by atoms with van der Waals surface area (Å²) in [6.45, 7) is 0. The van der Waals surface area contributed by atoms with E-state index in [4.69, 9.17) is 26.3 Å². The van der Waals surface area contributed by atoms with Crippen molar-refractivity contribution in [2.75, 3.05) is 0 Å². The van der Waals surface area contributed by atoms with E-state index in [0.717, 1.165) is 0 Å². The topological polar surface area (TPSA) is 13.1 Å². The smallest absolute Gasteiger partial charge is 0.136 e. The van der Waals surface area contributed by atoms with Crippen molar-refractivity contribution in [2.45, 2.75) is 0 Å². The number of furan rings is 1. The first-order valence-electron chi connectivity index (χ1n) is 27.9. The summed E-state index contributed by atoms with van der Waals surface area (Å²) in [5.41, 5.74) is -5.86. The maximum atomic E-state index is 9.81. The van der Waals surface area contributed by atoms with Gasteiger partial charge in [-0.3, -0.25) is 0 Å². The molecule has 0 amide bonds. The van der Waals surface area contributed by atoms with Gasteiger partial charge in [-0.15, -0.1) is 0 Å². The molecule has 1 heterocycles. The van der Waals surface area contributed by atoms with Gasteiger partial charge in [0.2, 0.25) is 0 Å². The summed E-state index contributed by atoms with van der Waals surface area (Å²) < 4.78 is 257. The standard InChI is InChI=1S/C46H28O/c1-2-10-32-25-35(22-19-29(32)9-1)30-17-20-31(21-18-30)45-37-13-5-7-15-39(37)46(40-16-8-6-14-38(40)45)36-23-24-43-41(27-36)42-26-33-11-3-4-12-34(33)28-44(42)47-43/h1-28H/i1D,2D,3D,4D,5D,6D,7D,8D,9D,10D,11D,12D,13D,14D,15D,16D,17D,18D,19D,20D,21D,22D,23D,24D,25D,26D,27D,28D. The zero-order chi connectivity index (χ0) is 55.3. The molecule has 1 heteroatoms.